The number of fused-ring (bicyclic) bond motifs is 4. The molecule has 1 aliphatic carbocycles. The summed E-state index contributed by atoms with van der Waals surface area (Å²) in [6.45, 7) is 0. The first-order valence-corrected chi connectivity index (χ1v) is 6.79. The van der Waals surface area contributed by atoms with Gasteiger partial charge >= 0.3 is 0 Å². The fraction of sp³-hybridized carbons (Fsp3) is 0.214. The summed E-state index contributed by atoms with van der Waals surface area (Å²) in [6.07, 6.45) is 4.00. The molecule has 0 saturated heterocycles. The van der Waals surface area contributed by atoms with Crippen molar-refractivity contribution in [2.45, 2.75) is 18.4 Å². The number of carbonyl (C=O) groups excluding carboxylic acids is 1. The number of rotatable bonds is 0. The van der Waals surface area contributed by atoms with Gasteiger partial charge in [0, 0.05) is 16.2 Å². The molecule has 1 aliphatic heterocycles. The summed E-state index contributed by atoms with van der Waals surface area (Å²) in [7, 11) is 0. The fourth-order valence-corrected chi connectivity index (χ4v) is 3.10. The van der Waals surface area contributed by atoms with Crippen molar-refractivity contribution in [3.8, 4) is 5.69 Å². The van der Waals surface area contributed by atoms with E-state index in [-0.39, 0.29) is 11.4 Å². The number of aromatic nitrogens is 1. The van der Waals surface area contributed by atoms with E-state index in [0.29, 0.717) is 5.69 Å². The molecule has 1 fully saturated rings. The maximum atomic E-state index is 12.2. The lowest BCUT2D eigenvalue weighted by Crippen LogP contribution is -2.33. The molecule has 1 aromatic carbocycles. The normalized spacial score (nSPS) is 18.8. The summed E-state index contributed by atoms with van der Waals surface area (Å²) in [5.74, 6) is 0.0184. The first-order chi connectivity index (χ1) is 8.70. The molecule has 1 saturated carbocycles. The maximum absolute atomic E-state index is 12.2. The van der Waals surface area contributed by atoms with E-state index in [2.05, 4.69) is 33.4 Å². The van der Waals surface area contributed by atoms with Crippen molar-refractivity contribution in [2.75, 3.05) is 0 Å². The Bertz CT molecular complexity index is 670. The molecule has 0 radical (unpaired) electrons. The molecule has 18 heavy (non-hydrogen) atoms. The minimum atomic E-state index is -0.133. The summed E-state index contributed by atoms with van der Waals surface area (Å²) in [4.78, 5) is 12.2. The lowest BCUT2D eigenvalue weighted by Gasteiger charge is -2.17. The van der Waals surface area contributed by atoms with Gasteiger partial charge < -0.3 is 9.88 Å². The Morgan fingerprint density at radius 3 is 2.89 bits per heavy atom. The molecule has 1 N–H and O–H groups in total. The van der Waals surface area contributed by atoms with Gasteiger partial charge in [0.05, 0.1) is 11.2 Å². The molecule has 1 spiro atoms. The van der Waals surface area contributed by atoms with Crippen molar-refractivity contribution in [3.05, 3.63) is 52.3 Å². The molecule has 90 valence electrons. The topological polar surface area (TPSA) is 34.0 Å². The third-order valence-electron chi connectivity index (χ3n) is 3.82. The number of halogens is 1. The van der Waals surface area contributed by atoms with Gasteiger partial charge in [-0.2, -0.15) is 0 Å². The highest BCUT2D eigenvalue weighted by Crippen LogP contribution is 2.49. The number of benzene rings is 1. The van der Waals surface area contributed by atoms with Crippen LogP contribution in [0.15, 0.2) is 41.0 Å². The van der Waals surface area contributed by atoms with Gasteiger partial charge in [-0.3, -0.25) is 4.79 Å². The van der Waals surface area contributed by atoms with Crippen LogP contribution in [0.4, 0.5) is 0 Å². The fourth-order valence-electron chi connectivity index (χ4n) is 2.75. The van der Waals surface area contributed by atoms with Crippen LogP contribution in [-0.4, -0.2) is 10.5 Å². The molecule has 0 bridgehead atoms. The Balaban J connectivity index is 2.07. The summed E-state index contributed by atoms with van der Waals surface area (Å²) in [5.41, 5.74) is 2.89. The highest BCUT2D eigenvalue weighted by atomic mass is 79.9. The highest BCUT2D eigenvalue weighted by molar-refractivity contribution is 9.10. The van der Waals surface area contributed by atoms with E-state index in [1.165, 1.54) is 5.56 Å². The predicted molar refractivity (Wildman–Crippen MR) is 71.8 cm³/mol. The Morgan fingerprint density at radius 2 is 2.11 bits per heavy atom. The molecule has 0 unspecified atom stereocenters. The van der Waals surface area contributed by atoms with Crippen LogP contribution >= 0.6 is 15.9 Å². The first kappa shape index (κ1) is 10.4. The van der Waals surface area contributed by atoms with Crippen LogP contribution in [0.5, 0.6) is 0 Å². The average molecular weight is 303 g/mol. The minimum absolute atomic E-state index is 0.0184. The van der Waals surface area contributed by atoms with E-state index in [1.54, 1.807) is 0 Å². The number of carbonyl (C=O) groups is 1. The summed E-state index contributed by atoms with van der Waals surface area (Å²) in [6, 6.07) is 10.0. The third kappa shape index (κ3) is 1.27. The highest BCUT2D eigenvalue weighted by Gasteiger charge is 2.49. The van der Waals surface area contributed by atoms with Gasteiger partial charge in [-0.15, -0.1) is 0 Å². The summed E-state index contributed by atoms with van der Waals surface area (Å²) < 4.78 is 3.01. The molecule has 2 aromatic rings. The zero-order valence-corrected chi connectivity index (χ0v) is 11.2. The Labute approximate surface area is 113 Å². The SMILES string of the molecule is O=C1NC2(CC2)c2ccc(Br)cc2-n2cccc21. The maximum Gasteiger partial charge on any atom is 0.268 e. The molecule has 4 heteroatoms. The van der Waals surface area contributed by atoms with E-state index in [1.807, 2.05) is 29.0 Å². The van der Waals surface area contributed by atoms with Gasteiger partial charge in [0.2, 0.25) is 0 Å². The van der Waals surface area contributed by atoms with Crippen molar-refractivity contribution in [1.29, 1.82) is 0 Å². The van der Waals surface area contributed by atoms with Crippen LogP contribution in [-0.2, 0) is 5.54 Å². The molecule has 4 rings (SSSR count). The van der Waals surface area contributed by atoms with Crippen molar-refractivity contribution in [2.24, 2.45) is 0 Å². The van der Waals surface area contributed by atoms with Crippen molar-refractivity contribution < 1.29 is 4.79 Å². The van der Waals surface area contributed by atoms with Crippen LogP contribution in [0.3, 0.4) is 0 Å². The summed E-state index contributed by atoms with van der Waals surface area (Å²) >= 11 is 3.51. The summed E-state index contributed by atoms with van der Waals surface area (Å²) in [5, 5.41) is 3.17. The molecule has 2 heterocycles. The zero-order chi connectivity index (χ0) is 12.3. The Morgan fingerprint density at radius 1 is 1.28 bits per heavy atom. The Kier molecular flexibility index (Phi) is 1.88. The number of nitrogens with zero attached hydrogens (tertiary/aromatic N) is 1. The number of nitrogens with one attached hydrogen (secondary N) is 1. The molecule has 1 amide bonds. The largest absolute Gasteiger partial charge is 0.341 e. The van der Waals surface area contributed by atoms with Crippen LogP contribution < -0.4 is 5.32 Å². The van der Waals surface area contributed by atoms with E-state index >= 15 is 0 Å². The lowest BCUT2D eigenvalue weighted by atomic mass is 10.0. The Hall–Kier alpha value is -1.55. The second-order valence-electron chi connectivity index (χ2n) is 4.96. The molecule has 0 atom stereocenters. The van der Waals surface area contributed by atoms with Crippen molar-refractivity contribution >= 4 is 21.8 Å². The predicted octanol–water partition coefficient (Wildman–Crippen LogP) is 2.97. The van der Waals surface area contributed by atoms with Gasteiger partial charge in [-0.05, 0) is 37.1 Å². The number of amides is 1. The molecule has 3 nitrogen and oxygen atoms in total. The number of hydrogen-bond acceptors (Lipinski definition) is 1. The molecule has 2 aliphatic rings. The van der Waals surface area contributed by atoms with Gasteiger partial charge in [-0.1, -0.05) is 22.0 Å². The second-order valence-corrected chi connectivity index (χ2v) is 5.88. The van der Waals surface area contributed by atoms with E-state index in [4.69, 9.17) is 0 Å². The first-order valence-electron chi connectivity index (χ1n) is 6.00. The lowest BCUT2D eigenvalue weighted by molar-refractivity contribution is 0.0927. The minimum Gasteiger partial charge on any atom is -0.341 e. The van der Waals surface area contributed by atoms with Crippen LogP contribution in [0.25, 0.3) is 5.69 Å². The third-order valence-corrected chi connectivity index (χ3v) is 4.31. The van der Waals surface area contributed by atoms with Crippen molar-refractivity contribution in [1.82, 2.24) is 9.88 Å². The van der Waals surface area contributed by atoms with Crippen molar-refractivity contribution in [3.63, 3.8) is 0 Å². The second kappa shape index (κ2) is 3.26. The van der Waals surface area contributed by atoms with Crippen LogP contribution in [0.2, 0.25) is 0 Å². The van der Waals surface area contributed by atoms with E-state index in [9.17, 15) is 4.79 Å². The van der Waals surface area contributed by atoms with Crippen LogP contribution in [0, 0.1) is 0 Å². The van der Waals surface area contributed by atoms with Crippen LogP contribution in [0.1, 0.15) is 28.9 Å². The van der Waals surface area contributed by atoms with Gasteiger partial charge in [0.1, 0.15) is 5.69 Å². The number of hydrogen-bond donors (Lipinski definition) is 1. The van der Waals surface area contributed by atoms with Gasteiger partial charge in [0.15, 0.2) is 0 Å². The zero-order valence-electron chi connectivity index (χ0n) is 9.61. The molecular weight excluding hydrogens is 292 g/mol. The monoisotopic (exact) mass is 302 g/mol. The van der Waals surface area contributed by atoms with E-state index < -0.39 is 0 Å². The van der Waals surface area contributed by atoms with Gasteiger partial charge in [0.25, 0.3) is 5.91 Å². The molecular formula is C14H11BrN2O. The van der Waals surface area contributed by atoms with E-state index in [0.717, 1.165) is 23.0 Å². The van der Waals surface area contributed by atoms with Gasteiger partial charge in [-0.25, -0.2) is 0 Å². The molecule has 1 aromatic heterocycles. The smallest absolute Gasteiger partial charge is 0.268 e. The standard InChI is InChI=1S/C14H11BrN2O/c15-9-3-4-10-12(8-9)17-7-1-2-11(17)13(18)16-14(10)5-6-14/h1-4,7-8H,5-6H2,(H,16,18). The quantitative estimate of drug-likeness (QED) is 0.797. The average Bonchev–Trinajstić information content (AvgIpc) is 2.97.